The Kier molecular flexibility index (Phi) is 3.50. The molecule has 2 aromatic carbocycles. The van der Waals surface area contributed by atoms with Gasteiger partial charge in [0.25, 0.3) is 5.91 Å². The molecule has 2 aromatic rings. The maximum atomic E-state index is 12.9. The van der Waals surface area contributed by atoms with E-state index in [0.717, 1.165) is 11.1 Å². The first kappa shape index (κ1) is 15.1. The fraction of sp³-hybridized carbons (Fsp3) is 0.300. The lowest BCUT2D eigenvalue weighted by molar-refractivity contribution is 0.0417. The van der Waals surface area contributed by atoms with E-state index in [2.05, 4.69) is 0 Å². The Morgan fingerprint density at radius 1 is 1.04 bits per heavy atom. The summed E-state index contributed by atoms with van der Waals surface area (Å²) in [7, 11) is 0. The van der Waals surface area contributed by atoms with Gasteiger partial charge in [-0.25, -0.2) is 0 Å². The SMILES string of the molecule is O=C1CCc2c1cccc2C(=O)N1CCC(O)(c2ccccc2)C1. The lowest BCUT2D eigenvalue weighted by Gasteiger charge is -2.24. The molecule has 1 heterocycles. The molecule has 1 N–H and O–H groups in total. The molecule has 2 aliphatic rings. The maximum Gasteiger partial charge on any atom is 0.254 e. The van der Waals surface area contributed by atoms with Crippen molar-refractivity contribution < 1.29 is 14.7 Å². The fourth-order valence-electron chi connectivity index (χ4n) is 3.81. The van der Waals surface area contributed by atoms with Crippen LogP contribution in [-0.4, -0.2) is 34.8 Å². The number of nitrogens with zero attached hydrogens (tertiary/aromatic N) is 1. The molecule has 1 saturated heterocycles. The number of carbonyl (C=O) groups is 2. The largest absolute Gasteiger partial charge is 0.383 e. The van der Waals surface area contributed by atoms with Crippen molar-refractivity contribution in [2.75, 3.05) is 13.1 Å². The molecule has 1 aliphatic carbocycles. The molecule has 1 atom stereocenters. The summed E-state index contributed by atoms with van der Waals surface area (Å²) in [6.07, 6.45) is 1.64. The number of fused-ring (bicyclic) bond motifs is 1. The highest BCUT2D eigenvalue weighted by atomic mass is 16.3. The van der Waals surface area contributed by atoms with E-state index < -0.39 is 5.60 Å². The number of rotatable bonds is 2. The van der Waals surface area contributed by atoms with Crippen LogP contribution in [0.2, 0.25) is 0 Å². The van der Waals surface area contributed by atoms with Crippen molar-refractivity contribution in [1.82, 2.24) is 4.90 Å². The molecule has 1 amide bonds. The van der Waals surface area contributed by atoms with Crippen LogP contribution >= 0.6 is 0 Å². The van der Waals surface area contributed by atoms with Crippen LogP contribution in [0, 0.1) is 0 Å². The van der Waals surface area contributed by atoms with Gasteiger partial charge < -0.3 is 10.0 Å². The number of benzene rings is 2. The molecule has 0 saturated carbocycles. The van der Waals surface area contributed by atoms with E-state index in [1.54, 1.807) is 23.1 Å². The minimum Gasteiger partial charge on any atom is -0.383 e. The van der Waals surface area contributed by atoms with Gasteiger partial charge in [-0.2, -0.15) is 0 Å². The highest BCUT2D eigenvalue weighted by molar-refractivity contribution is 6.05. The van der Waals surface area contributed by atoms with Gasteiger partial charge in [0.1, 0.15) is 5.60 Å². The number of hydrogen-bond acceptors (Lipinski definition) is 3. The normalized spacial score (nSPS) is 22.7. The minimum absolute atomic E-state index is 0.0894. The molecular formula is C20H19NO3. The number of β-amino-alcohol motifs (C(OH)–C–C–N with tert-alkyl or cyclic N) is 1. The number of aliphatic hydroxyl groups is 1. The Morgan fingerprint density at radius 2 is 1.83 bits per heavy atom. The fourth-order valence-corrected chi connectivity index (χ4v) is 3.81. The van der Waals surface area contributed by atoms with Crippen LogP contribution in [0.1, 0.15) is 44.7 Å². The predicted octanol–water partition coefficient (Wildman–Crippen LogP) is 2.55. The van der Waals surface area contributed by atoms with Crippen LogP contribution in [0.15, 0.2) is 48.5 Å². The average Bonchev–Trinajstić information content (AvgIpc) is 3.20. The zero-order valence-corrected chi connectivity index (χ0v) is 13.4. The molecule has 1 unspecified atom stereocenters. The number of ketones is 1. The van der Waals surface area contributed by atoms with E-state index in [-0.39, 0.29) is 18.2 Å². The number of likely N-dealkylation sites (tertiary alicyclic amines) is 1. The number of carbonyl (C=O) groups excluding carboxylic acids is 2. The number of hydrogen-bond donors (Lipinski definition) is 1. The molecular weight excluding hydrogens is 302 g/mol. The van der Waals surface area contributed by atoms with E-state index in [4.69, 9.17) is 0 Å². The van der Waals surface area contributed by atoms with Crippen LogP contribution in [-0.2, 0) is 12.0 Å². The van der Waals surface area contributed by atoms with Gasteiger partial charge in [0.15, 0.2) is 5.78 Å². The lowest BCUT2D eigenvalue weighted by Crippen LogP contribution is -2.34. The Morgan fingerprint density at radius 3 is 2.62 bits per heavy atom. The topological polar surface area (TPSA) is 57.6 Å². The number of amides is 1. The van der Waals surface area contributed by atoms with E-state index in [1.807, 2.05) is 30.3 Å². The van der Waals surface area contributed by atoms with Crippen molar-refractivity contribution in [3.63, 3.8) is 0 Å². The molecule has 4 nitrogen and oxygen atoms in total. The molecule has 4 heteroatoms. The smallest absolute Gasteiger partial charge is 0.254 e. The summed E-state index contributed by atoms with van der Waals surface area (Å²) >= 11 is 0. The zero-order chi connectivity index (χ0) is 16.7. The van der Waals surface area contributed by atoms with E-state index in [0.29, 0.717) is 36.9 Å². The summed E-state index contributed by atoms with van der Waals surface area (Å²) in [6.45, 7) is 0.801. The molecule has 122 valence electrons. The molecule has 1 fully saturated rings. The maximum absolute atomic E-state index is 12.9. The zero-order valence-electron chi connectivity index (χ0n) is 13.4. The average molecular weight is 321 g/mol. The van der Waals surface area contributed by atoms with Gasteiger partial charge >= 0.3 is 0 Å². The van der Waals surface area contributed by atoms with E-state index in [9.17, 15) is 14.7 Å². The van der Waals surface area contributed by atoms with E-state index in [1.165, 1.54) is 0 Å². The van der Waals surface area contributed by atoms with Gasteiger partial charge in [-0.15, -0.1) is 0 Å². The summed E-state index contributed by atoms with van der Waals surface area (Å²) in [5.74, 6) is 0.0234. The summed E-state index contributed by atoms with van der Waals surface area (Å²) in [6, 6.07) is 14.9. The summed E-state index contributed by atoms with van der Waals surface area (Å²) in [4.78, 5) is 26.5. The van der Waals surface area contributed by atoms with Gasteiger partial charge in [0.05, 0.1) is 6.54 Å². The third-order valence-corrected chi connectivity index (χ3v) is 5.15. The van der Waals surface area contributed by atoms with Gasteiger partial charge in [-0.3, -0.25) is 9.59 Å². The highest BCUT2D eigenvalue weighted by Crippen LogP contribution is 2.34. The summed E-state index contributed by atoms with van der Waals surface area (Å²) in [5, 5.41) is 10.9. The predicted molar refractivity (Wildman–Crippen MR) is 90.0 cm³/mol. The first-order chi connectivity index (χ1) is 11.6. The Labute approximate surface area is 140 Å². The lowest BCUT2D eigenvalue weighted by atomic mass is 9.93. The third kappa shape index (κ3) is 2.34. The van der Waals surface area contributed by atoms with Gasteiger partial charge in [0, 0.05) is 24.1 Å². The second-order valence-corrected chi connectivity index (χ2v) is 6.63. The standard InChI is InChI=1S/C20H19NO3/c22-18-10-9-15-16(18)7-4-8-17(15)19(23)21-12-11-20(24,13-21)14-5-2-1-3-6-14/h1-8,24H,9-13H2. The van der Waals surface area contributed by atoms with Gasteiger partial charge in [-0.1, -0.05) is 42.5 Å². The van der Waals surface area contributed by atoms with Crippen molar-refractivity contribution in [2.24, 2.45) is 0 Å². The molecule has 24 heavy (non-hydrogen) atoms. The molecule has 4 rings (SSSR count). The first-order valence-corrected chi connectivity index (χ1v) is 8.31. The van der Waals surface area contributed by atoms with Crippen molar-refractivity contribution in [2.45, 2.75) is 24.9 Å². The van der Waals surface area contributed by atoms with Gasteiger partial charge in [0.2, 0.25) is 0 Å². The highest BCUT2D eigenvalue weighted by Gasteiger charge is 2.40. The third-order valence-electron chi connectivity index (χ3n) is 5.15. The van der Waals surface area contributed by atoms with E-state index >= 15 is 0 Å². The molecule has 0 bridgehead atoms. The molecule has 0 spiro atoms. The Bertz CT molecular complexity index is 815. The molecule has 0 radical (unpaired) electrons. The quantitative estimate of drug-likeness (QED) is 0.925. The first-order valence-electron chi connectivity index (χ1n) is 8.31. The van der Waals surface area contributed by atoms with Gasteiger partial charge in [-0.05, 0) is 30.0 Å². The van der Waals surface area contributed by atoms with Crippen molar-refractivity contribution in [1.29, 1.82) is 0 Å². The number of Topliss-reactive ketones (excluding diaryl/α,β-unsaturated/α-hetero) is 1. The van der Waals surface area contributed by atoms with Crippen LogP contribution in [0.4, 0.5) is 0 Å². The summed E-state index contributed by atoms with van der Waals surface area (Å²) < 4.78 is 0. The monoisotopic (exact) mass is 321 g/mol. The Hall–Kier alpha value is -2.46. The van der Waals surface area contributed by atoms with Crippen molar-refractivity contribution in [3.8, 4) is 0 Å². The minimum atomic E-state index is -0.995. The van der Waals surface area contributed by atoms with Crippen molar-refractivity contribution >= 4 is 11.7 Å². The van der Waals surface area contributed by atoms with Crippen molar-refractivity contribution in [3.05, 3.63) is 70.8 Å². The van der Waals surface area contributed by atoms with Crippen LogP contribution in [0.5, 0.6) is 0 Å². The van der Waals surface area contributed by atoms with Crippen LogP contribution in [0.25, 0.3) is 0 Å². The van der Waals surface area contributed by atoms with Crippen LogP contribution in [0.3, 0.4) is 0 Å². The molecule has 0 aromatic heterocycles. The second kappa shape index (κ2) is 5.56. The summed E-state index contributed by atoms with van der Waals surface area (Å²) in [5.41, 5.74) is 2.00. The van der Waals surface area contributed by atoms with Crippen LogP contribution < -0.4 is 0 Å². The Balaban J connectivity index is 1.61. The second-order valence-electron chi connectivity index (χ2n) is 6.63. The molecule has 1 aliphatic heterocycles.